The van der Waals surface area contributed by atoms with Gasteiger partial charge in [-0.25, -0.2) is 4.21 Å². The highest BCUT2D eigenvalue weighted by atomic mass is 32.2. The zero-order valence-electron chi connectivity index (χ0n) is 9.71. The highest BCUT2D eigenvalue weighted by Gasteiger charge is 2.35. The van der Waals surface area contributed by atoms with Gasteiger partial charge in [-0.05, 0) is 6.07 Å². The quantitative estimate of drug-likeness (QED) is 0.346. The summed E-state index contributed by atoms with van der Waals surface area (Å²) < 4.78 is 48.1. The second-order valence-electron chi connectivity index (χ2n) is 3.47. The van der Waals surface area contributed by atoms with E-state index in [1.807, 2.05) is 5.32 Å². The molecule has 1 heterocycles. The van der Waals surface area contributed by atoms with Gasteiger partial charge in [-0.1, -0.05) is 0 Å². The number of halogens is 3. The maximum absolute atomic E-state index is 11.1. The fraction of sp³-hybridized carbons (Fsp3) is 0.111. The summed E-state index contributed by atoms with van der Waals surface area (Å²) in [6, 6.07) is 3.56. The van der Waals surface area contributed by atoms with Crippen molar-refractivity contribution in [3.63, 3.8) is 0 Å². The number of carbonyl (C=O) groups excluding carboxylic acids is 2. The molecule has 2 N–H and O–H groups in total. The second kappa shape index (κ2) is 5.97. The number of rotatable bonds is 1. The van der Waals surface area contributed by atoms with Gasteiger partial charge < -0.3 is 0 Å². The molecule has 21 heavy (non-hydrogen) atoms. The zero-order chi connectivity index (χ0) is 16.4. The summed E-state index contributed by atoms with van der Waals surface area (Å²) in [6.07, 6.45) is 0. The summed E-state index contributed by atoms with van der Waals surface area (Å²) in [5, 5.41) is 12.4. The molecule has 1 aromatic rings. The van der Waals surface area contributed by atoms with Crippen LogP contribution in [0.4, 0.5) is 18.9 Å². The number of fused-ring (bicyclic) bond motifs is 1. The van der Waals surface area contributed by atoms with Gasteiger partial charge in [-0.15, -0.1) is 0 Å². The van der Waals surface area contributed by atoms with Crippen LogP contribution in [0.5, 0.6) is 0 Å². The molecule has 8 nitrogen and oxygen atoms in total. The smallest absolute Gasteiger partial charge is 0.299 e. The number of imide groups is 1. The minimum atomic E-state index is -4.97. The molecule has 1 aromatic carbocycles. The summed E-state index contributed by atoms with van der Waals surface area (Å²) in [6.45, 7) is 0. The van der Waals surface area contributed by atoms with Crippen LogP contribution in [0.25, 0.3) is 0 Å². The summed E-state index contributed by atoms with van der Waals surface area (Å²) in [7, 11) is 0. The van der Waals surface area contributed by atoms with Gasteiger partial charge in [0.2, 0.25) is 0 Å². The summed E-state index contributed by atoms with van der Waals surface area (Å²) in [4.78, 5) is 31.9. The molecule has 12 heteroatoms. The van der Waals surface area contributed by atoms with Gasteiger partial charge in [0.1, 0.15) is 0 Å². The summed E-state index contributed by atoms with van der Waals surface area (Å²) in [5.74, 6) is -1.10. The molecule has 0 radical (unpaired) electrons. The lowest BCUT2D eigenvalue weighted by molar-refractivity contribution is -0.384. The molecule has 1 aliphatic heterocycles. The number of carbonyl (C=O) groups is 2. The van der Waals surface area contributed by atoms with E-state index in [0.717, 1.165) is 6.07 Å². The number of nitrogens with one attached hydrogen (secondary N) is 1. The molecule has 1 aliphatic rings. The van der Waals surface area contributed by atoms with Gasteiger partial charge in [0.15, 0.2) is 0 Å². The highest BCUT2D eigenvalue weighted by molar-refractivity contribution is 7.80. The van der Waals surface area contributed by atoms with Crippen LogP contribution in [0.15, 0.2) is 18.2 Å². The number of hydrogen-bond acceptors (Lipinski definition) is 5. The van der Waals surface area contributed by atoms with Crippen LogP contribution >= 0.6 is 0 Å². The number of amides is 2. The van der Waals surface area contributed by atoms with Crippen molar-refractivity contribution >= 4 is 28.6 Å². The number of nitrogens with zero attached hydrogens (tertiary/aromatic N) is 1. The molecule has 114 valence electrons. The Morgan fingerprint density at radius 3 is 2.10 bits per heavy atom. The normalized spacial score (nSPS) is 14.7. The number of alkyl halides is 3. The molecule has 0 aliphatic carbocycles. The summed E-state index contributed by atoms with van der Waals surface area (Å²) in [5.41, 5.74) is -4.93. The molecule has 0 spiro atoms. The van der Waals surface area contributed by atoms with Crippen molar-refractivity contribution in [3.05, 3.63) is 39.4 Å². The first-order valence-electron chi connectivity index (χ1n) is 4.86. The molecule has 0 saturated heterocycles. The minimum absolute atomic E-state index is 0.0594. The largest absolute Gasteiger partial charge is 0.496 e. The minimum Gasteiger partial charge on any atom is -0.299 e. The fourth-order valence-corrected chi connectivity index (χ4v) is 1.27. The molecule has 0 saturated carbocycles. The van der Waals surface area contributed by atoms with Gasteiger partial charge >= 0.3 is 5.51 Å². The summed E-state index contributed by atoms with van der Waals surface area (Å²) >= 11 is -3.68. The van der Waals surface area contributed by atoms with E-state index in [1.165, 1.54) is 12.1 Å². The number of hydrogen-bond donors (Lipinski definition) is 2. The first-order chi connectivity index (χ1) is 9.54. The Hall–Kier alpha value is -2.34. The van der Waals surface area contributed by atoms with Crippen molar-refractivity contribution < 1.29 is 36.4 Å². The van der Waals surface area contributed by atoms with E-state index in [4.69, 9.17) is 8.76 Å². The van der Waals surface area contributed by atoms with Crippen molar-refractivity contribution in [2.24, 2.45) is 0 Å². The first kappa shape index (κ1) is 16.7. The van der Waals surface area contributed by atoms with E-state index in [0.29, 0.717) is 0 Å². The van der Waals surface area contributed by atoms with Crippen LogP contribution in [0.2, 0.25) is 0 Å². The van der Waals surface area contributed by atoms with Crippen LogP contribution in [0.3, 0.4) is 0 Å². The Morgan fingerprint density at radius 1 is 1.19 bits per heavy atom. The Labute approximate surface area is 116 Å². The van der Waals surface area contributed by atoms with Crippen LogP contribution in [0, 0.1) is 10.1 Å². The van der Waals surface area contributed by atoms with Crippen molar-refractivity contribution in [1.29, 1.82) is 0 Å². The zero-order valence-corrected chi connectivity index (χ0v) is 10.5. The molecule has 0 bridgehead atoms. The third kappa shape index (κ3) is 4.06. The van der Waals surface area contributed by atoms with Gasteiger partial charge in [0.05, 0.1) is 16.1 Å². The molecule has 2 rings (SSSR count). The molecular formula is C9H5F3N2O6S. The van der Waals surface area contributed by atoms with E-state index in [-0.39, 0.29) is 16.8 Å². The second-order valence-corrected chi connectivity index (χ2v) is 4.43. The number of benzene rings is 1. The molecule has 0 aromatic heterocycles. The number of nitro groups is 1. The lowest BCUT2D eigenvalue weighted by Crippen LogP contribution is -2.19. The Balaban J connectivity index is 0.000000270. The Morgan fingerprint density at radius 2 is 1.67 bits per heavy atom. The lowest BCUT2D eigenvalue weighted by Gasteiger charge is -1.94. The van der Waals surface area contributed by atoms with Gasteiger partial charge in [-0.2, -0.15) is 13.2 Å². The molecule has 1 unspecified atom stereocenters. The predicted molar refractivity (Wildman–Crippen MR) is 61.7 cm³/mol. The van der Waals surface area contributed by atoms with Crippen molar-refractivity contribution in [3.8, 4) is 0 Å². The Bertz CT molecular complexity index is 645. The fourth-order valence-electron chi connectivity index (χ4n) is 1.27. The maximum Gasteiger partial charge on any atom is 0.496 e. The maximum atomic E-state index is 11.1. The van der Waals surface area contributed by atoms with E-state index in [9.17, 15) is 32.9 Å². The van der Waals surface area contributed by atoms with Crippen LogP contribution in [-0.4, -0.2) is 31.0 Å². The standard InChI is InChI=1S/C8H4N2O4.CHF3O2S/c11-7-5-2-1-4(10(13)14)3-6(5)8(12)9-7;2-1(3,4)7(5)6/h1-3H,(H,9,11,12);(H,5,6). The van der Waals surface area contributed by atoms with Crippen molar-refractivity contribution in [2.75, 3.05) is 0 Å². The molecule has 0 fully saturated rings. The monoisotopic (exact) mass is 326 g/mol. The third-order valence-corrected chi connectivity index (χ3v) is 2.52. The first-order valence-corrected chi connectivity index (χ1v) is 5.96. The number of non-ortho nitro benzene ring substituents is 1. The highest BCUT2D eigenvalue weighted by Crippen LogP contribution is 2.21. The molecular weight excluding hydrogens is 321 g/mol. The van der Waals surface area contributed by atoms with E-state index >= 15 is 0 Å². The van der Waals surface area contributed by atoms with Crippen LogP contribution < -0.4 is 5.32 Å². The Kier molecular flexibility index (Phi) is 4.75. The average molecular weight is 326 g/mol. The van der Waals surface area contributed by atoms with Gasteiger partial charge in [-0.3, -0.25) is 29.6 Å². The van der Waals surface area contributed by atoms with Gasteiger partial charge in [0.25, 0.3) is 28.6 Å². The molecule has 1 atom stereocenters. The van der Waals surface area contributed by atoms with Crippen LogP contribution in [-0.2, 0) is 11.1 Å². The van der Waals surface area contributed by atoms with Crippen LogP contribution in [0.1, 0.15) is 20.7 Å². The van der Waals surface area contributed by atoms with E-state index in [1.54, 1.807) is 0 Å². The van der Waals surface area contributed by atoms with Crippen molar-refractivity contribution in [2.45, 2.75) is 5.51 Å². The number of nitro benzene ring substituents is 1. The lowest BCUT2D eigenvalue weighted by atomic mass is 10.1. The average Bonchev–Trinajstić information content (AvgIpc) is 2.64. The van der Waals surface area contributed by atoms with E-state index < -0.39 is 33.3 Å². The van der Waals surface area contributed by atoms with Gasteiger partial charge in [0, 0.05) is 12.1 Å². The SMILES string of the molecule is O=C1NC(=O)c2cc([N+](=O)[O-])ccc21.O=S(O)C(F)(F)F. The van der Waals surface area contributed by atoms with E-state index in [2.05, 4.69) is 0 Å². The third-order valence-electron chi connectivity index (χ3n) is 2.13. The molecule has 2 amide bonds. The predicted octanol–water partition coefficient (Wildman–Crippen LogP) is 1.21. The van der Waals surface area contributed by atoms with Crippen molar-refractivity contribution in [1.82, 2.24) is 5.32 Å². The topological polar surface area (TPSA) is 127 Å².